The Kier molecular flexibility index (Phi) is 6.31. The summed E-state index contributed by atoms with van der Waals surface area (Å²) in [5.41, 5.74) is 7.22. The maximum atomic E-state index is 13.5. The van der Waals surface area contributed by atoms with Crippen molar-refractivity contribution in [2.24, 2.45) is 16.1 Å². The first-order valence-corrected chi connectivity index (χ1v) is 10.1. The number of carbonyl (C=O) groups excluding carboxylic acids is 3. The molecule has 0 saturated carbocycles. The van der Waals surface area contributed by atoms with Gasteiger partial charge in [-0.2, -0.15) is 0 Å². The zero-order valence-corrected chi connectivity index (χ0v) is 18.1. The Morgan fingerprint density at radius 1 is 1.16 bits per heavy atom. The highest BCUT2D eigenvalue weighted by Gasteiger charge is 2.36. The van der Waals surface area contributed by atoms with Gasteiger partial charge in [-0.25, -0.2) is 4.99 Å². The van der Waals surface area contributed by atoms with Crippen LogP contribution in [0.4, 0.5) is 5.69 Å². The minimum atomic E-state index is -1.24. The Bertz CT molecular complexity index is 1030. The highest BCUT2D eigenvalue weighted by molar-refractivity contribution is 6.20. The molecule has 1 aromatic heterocycles. The number of ketones is 1. The van der Waals surface area contributed by atoms with Gasteiger partial charge in [0.2, 0.25) is 12.1 Å². The number of aliphatic imine (C=N–C) groups is 1. The first kappa shape index (κ1) is 22.3. The van der Waals surface area contributed by atoms with Crippen LogP contribution in [0.5, 0.6) is 0 Å². The van der Waals surface area contributed by atoms with Crippen LogP contribution < -0.4 is 16.0 Å². The van der Waals surface area contributed by atoms with Crippen molar-refractivity contribution in [1.29, 1.82) is 0 Å². The van der Waals surface area contributed by atoms with Crippen molar-refractivity contribution < 1.29 is 14.4 Å². The smallest absolute Gasteiger partial charge is 0.272 e. The molecule has 2 aromatic rings. The topological polar surface area (TPSA) is 118 Å². The van der Waals surface area contributed by atoms with Gasteiger partial charge in [-0.15, -0.1) is 0 Å². The largest absolute Gasteiger partial charge is 0.325 e. The van der Waals surface area contributed by atoms with Crippen molar-refractivity contribution in [2.75, 3.05) is 11.4 Å². The Hall–Kier alpha value is -3.39. The Morgan fingerprint density at radius 2 is 1.84 bits per heavy atom. The first-order valence-electron chi connectivity index (χ1n) is 10.1. The van der Waals surface area contributed by atoms with Crippen LogP contribution in [0.15, 0.2) is 53.7 Å². The Morgan fingerprint density at radius 3 is 2.45 bits per heavy atom. The van der Waals surface area contributed by atoms with Crippen LogP contribution in [-0.4, -0.2) is 47.0 Å². The fraction of sp³-hybridized carbons (Fsp3) is 0.348. The van der Waals surface area contributed by atoms with Gasteiger partial charge in [-0.1, -0.05) is 45.0 Å². The van der Waals surface area contributed by atoms with E-state index in [2.05, 4.69) is 15.3 Å². The second kappa shape index (κ2) is 8.77. The highest BCUT2D eigenvalue weighted by atomic mass is 16.2. The number of hydrogen-bond acceptors (Lipinski definition) is 6. The molecule has 1 unspecified atom stereocenters. The molecule has 3 N–H and O–H groups in total. The molecule has 3 rings (SSSR count). The maximum absolute atomic E-state index is 13.5. The van der Waals surface area contributed by atoms with Crippen LogP contribution in [0, 0.1) is 5.41 Å². The van der Waals surface area contributed by atoms with Crippen molar-refractivity contribution in [3.8, 4) is 0 Å². The molecule has 2 atom stereocenters. The third kappa shape index (κ3) is 4.86. The zero-order valence-electron chi connectivity index (χ0n) is 18.1. The number of pyridine rings is 1. The number of benzodiazepines with no additional fused rings is 1. The number of Topliss-reactive ketones (excluding diaryl/α,β-unsaturated/α-hetero) is 1. The SMILES string of the molecule is C[C@H](N)C(=O)NC1N=C(c2ccccn2)c2ccccc2N(CC(=O)C(C)(C)C)C1=O. The number of hydrogen-bond donors (Lipinski definition) is 2. The van der Waals surface area contributed by atoms with Gasteiger partial charge in [-0.05, 0) is 25.1 Å². The maximum Gasteiger partial charge on any atom is 0.272 e. The van der Waals surface area contributed by atoms with E-state index in [-0.39, 0.29) is 12.3 Å². The summed E-state index contributed by atoms with van der Waals surface area (Å²) in [4.78, 5) is 49.0. The molecule has 2 amide bonds. The number of aromatic nitrogens is 1. The number of amides is 2. The monoisotopic (exact) mass is 421 g/mol. The Balaban J connectivity index is 2.16. The zero-order chi connectivity index (χ0) is 22.8. The van der Waals surface area contributed by atoms with Gasteiger partial charge in [-0.3, -0.25) is 19.4 Å². The summed E-state index contributed by atoms with van der Waals surface area (Å²) < 4.78 is 0. The van der Waals surface area contributed by atoms with Crippen molar-refractivity contribution in [2.45, 2.75) is 39.9 Å². The van der Waals surface area contributed by atoms with E-state index < -0.39 is 29.4 Å². The summed E-state index contributed by atoms with van der Waals surface area (Å²) in [7, 11) is 0. The van der Waals surface area contributed by atoms with Crippen molar-refractivity contribution in [1.82, 2.24) is 10.3 Å². The normalized spacial score (nSPS) is 17.3. The molecule has 8 nitrogen and oxygen atoms in total. The molecule has 0 saturated heterocycles. The van der Waals surface area contributed by atoms with Gasteiger partial charge in [0, 0.05) is 17.2 Å². The lowest BCUT2D eigenvalue weighted by atomic mass is 9.90. The summed E-state index contributed by atoms with van der Waals surface area (Å²) in [6.07, 6.45) is 0.388. The van der Waals surface area contributed by atoms with Gasteiger partial charge in [0.15, 0.2) is 5.78 Å². The standard InChI is InChI=1S/C23H27N5O3/c1-14(24)21(30)27-20-22(31)28(13-18(29)23(2,3)4)17-11-6-5-9-15(17)19(26-20)16-10-7-8-12-25-16/h5-12,14,20H,13,24H2,1-4H3,(H,27,30)/t14-,20?/m0/s1. The van der Waals surface area contributed by atoms with E-state index in [1.807, 2.05) is 18.2 Å². The summed E-state index contributed by atoms with van der Waals surface area (Å²) in [5, 5.41) is 2.60. The molecule has 0 aliphatic carbocycles. The number of benzene rings is 1. The van der Waals surface area contributed by atoms with Gasteiger partial charge < -0.3 is 16.0 Å². The van der Waals surface area contributed by atoms with E-state index in [9.17, 15) is 14.4 Å². The van der Waals surface area contributed by atoms with E-state index >= 15 is 0 Å². The van der Waals surface area contributed by atoms with Gasteiger partial charge in [0.05, 0.1) is 29.7 Å². The summed E-state index contributed by atoms with van der Waals surface area (Å²) >= 11 is 0. The summed E-state index contributed by atoms with van der Waals surface area (Å²) in [6.45, 7) is 6.78. The molecule has 162 valence electrons. The second-order valence-electron chi connectivity index (χ2n) is 8.51. The predicted octanol–water partition coefficient (Wildman–Crippen LogP) is 1.67. The molecular formula is C23H27N5O3. The number of para-hydroxylation sites is 1. The quantitative estimate of drug-likeness (QED) is 0.761. The van der Waals surface area contributed by atoms with E-state index in [4.69, 9.17) is 5.73 Å². The van der Waals surface area contributed by atoms with Crippen molar-refractivity contribution in [3.05, 3.63) is 59.9 Å². The number of rotatable bonds is 5. The Labute approximate surface area is 181 Å². The van der Waals surface area contributed by atoms with E-state index in [0.717, 1.165) is 0 Å². The molecule has 1 aliphatic rings. The van der Waals surface area contributed by atoms with Gasteiger partial charge in [0.1, 0.15) is 0 Å². The van der Waals surface area contributed by atoms with Gasteiger partial charge in [0.25, 0.3) is 5.91 Å². The molecule has 1 aliphatic heterocycles. The number of carbonyl (C=O) groups is 3. The van der Waals surface area contributed by atoms with Crippen LogP contribution >= 0.6 is 0 Å². The highest BCUT2D eigenvalue weighted by Crippen LogP contribution is 2.29. The van der Waals surface area contributed by atoms with E-state index in [1.54, 1.807) is 51.2 Å². The lowest BCUT2D eigenvalue weighted by molar-refractivity contribution is -0.129. The molecule has 0 fully saturated rings. The average molecular weight is 422 g/mol. The van der Waals surface area contributed by atoms with Crippen LogP contribution in [0.3, 0.4) is 0 Å². The predicted molar refractivity (Wildman–Crippen MR) is 119 cm³/mol. The average Bonchev–Trinajstić information content (AvgIpc) is 2.84. The third-order valence-corrected chi connectivity index (χ3v) is 4.95. The van der Waals surface area contributed by atoms with E-state index in [0.29, 0.717) is 22.7 Å². The molecule has 1 aromatic carbocycles. The van der Waals surface area contributed by atoms with Crippen LogP contribution in [0.1, 0.15) is 39.0 Å². The number of nitrogens with one attached hydrogen (secondary N) is 1. The number of nitrogens with zero attached hydrogens (tertiary/aromatic N) is 3. The summed E-state index contributed by atoms with van der Waals surface area (Å²) in [6, 6.07) is 11.7. The molecule has 8 heteroatoms. The first-order chi connectivity index (χ1) is 14.6. The van der Waals surface area contributed by atoms with Crippen molar-refractivity contribution in [3.63, 3.8) is 0 Å². The van der Waals surface area contributed by atoms with Crippen LogP contribution in [-0.2, 0) is 14.4 Å². The molecule has 0 spiro atoms. The molecule has 31 heavy (non-hydrogen) atoms. The number of anilines is 1. The molecule has 2 heterocycles. The third-order valence-electron chi connectivity index (χ3n) is 4.95. The second-order valence-corrected chi connectivity index (χ2v) is 8.51. The molecule has 0 bridgehead atoms. The number of fused-ring (bicyclic) bond motifs is 1. The lowest BCUT2D eigenvalue weighted by Gasteiger charge is -2.28. The number of nitrogens with two attached hydrogens (primary N) is 1. The minimum absolute atomic E-state index is 0.116. The fourth-order valence-electron chi connectivity index (χ4n) is 3.04. The van der Waals surface area contributed by atoms with Gasteiger partial charge >= 0.3 is 0 Å². The molecule has 0 radical (unpaired) electrons. The van der Waals surface area contributed by atoms with Crippen LogP contribution in [0.2, 0.25) is 0 Å². The minimum Gasteiger partial charge on any atom is -0.325 e. The van der Waals surface area contributed by atoms with E-state index in [1.165, 1.54) is 11.8 Å². The van der Waals surface area contributed by atoms with Crippen molar-refractivity contribution >= 4 is 29.0 Å². The van der Waals surface area contributed by atoms with Crippen LogP contribution in [0.25, 0.3) is 0 Å². The molecular weight excluding hydrogens is 394 g/mol. The fourth-order valence-corrected chi connectivity index (χ4v) is 3.04. The summed E-state index contributed by atoms with van der Waals surface area (Å²) in [5.74, 6) is -1.14. The lowest BCUT2D eigenvalue weighted by Crippen LogP contribution is -2.52.